The average Bonchev–Trinajstić information content (AvgIpc) is 3.35. The van der Waals surface area contributed by atoms with E-state index in [2.05, 4.69) is 22.1 Å². The molecule has 0 aromatic carbocycles. The molecular formula is C23H24F3N3O3S. The number of allylic oxidation sites excluding steroid dienone is 2. The zero-order valence-corrected chi connectivity index (χ0v) is 18.6. The maximum atomic E-state index is 12.8. The first-order chi connectivity index (χ1) is 15.8. The number of piperidine rings is 1. The highest BCUT2D eigenvalue weighted by molar-refractivity contribution is 7.09. The molecule has 10 heteroatoms. The molecule has 2 aromatic heterocycles. The van der Waals surface area contributed by atoms with Crippen LogP contribution in [0.3, 0.4) is 0 Å². The molecule has 5 rings (SSSR count). The Hall–Kier alpha value is -2.59. The molecule has 3 heterocycles. The minimum atomic E-state index is -4.39. The molecule has 2 aliphatic carbocycles. The van der Waals surface area contributed by atoms with E-state index >= 15 is 0 Å². The minimum absolute atomic E-state index is 0.0317. The van der Waals surface area contributed by atoms with Crippen molar-refractivity contribution in [1.29, 1.82) is 0 Å². The van der Waals surface area contributed by atoms with Crippen LogP contribution in [0, 0.1) is 0 Å². The van der Waals surface area contributed by atoms with Crippen LogP contribution < -0.4 is 9.77 Å². The van der Waals surface area contributed by atoms with E-state index in [-0.39, 0.29) is 28.9 Å². The van der Waals surface area contributed by atoms with Crippen molar-refractivity contribution in [3.63, 3.8) is 0 Å². The molecule has 0 radical (unpaired) electrons. The number of nitrogens with one attached hydrogen (secondary N) is 1. The number of hydrogen-bond acceptors (Lipinski definition) is 6. The van der Waals surface area contributed by atoms with Crippen molar-refractivity contribution in [2.24, 2.45) is 0 Å². The number of anilines is 1. The SMILES string of the molecule is O=c1[nH]c(O)c(C2CCC3=CC(OC4CCCN(c5ccc(C(F)(F)F)cn5)C4)CC=C32)s1. The Kier molecular flexibility index (Phi) is 5.82. The molecule has 2 aromatic rings. The summed E-state index contributed by atoms with van der Waals surface area (Å²) in [7, 11) is 0. The van der Waals surface area contributed by atoms with Crippen molar-refractivity contribution < 1.29 is 23.0 Å². The van der Waals surface area contributed by atoms with E-state index in [0.717, 1.165) is 55.8 Å². The number of nitrogens with zero attached hydrogens (tertiary/aromatic N) is 2. The molecule has 0 spiro atoms. The predicted molar refractivity (Wildman–Crippen MR) is 119 cm³/mol. The Morgan fingerprint density at radius 1 is 1.27 bits per heavy atom. The van der Waals surface area contributed by atoms with E-state index in [1.54, 1.807) is 0 Å². The Morgan fingerprint density at radius 2 is 2.12 bits per heavy atom. The smallest absolute Gasteiger partial charge is 0.417 e. The summed E-state index contributed by atoms with van der Waals surface area (Å²) in [6, 6.07) is 2.49. The van der Waals surface area contributed by atoms with Crippen LogP contribution in [0.1, 0.15) is 48.5 Å². The van der Waals surface area contributed by atoms with Crippen LogP contribution >= 0.6 is 11.3 Å². The van der Waals surface area contributed by atoms with Crippen LogP contribution in [0.4, 0.5) is 19.0 Å². The molecule has 176 valence electrons. The van der Waals surface area contributed by atoms with Gasteiger partial charge in [-0.05, 0) is 55.4 Å². The van der Waals surface area contributed by atoms with Crippen molar-refractivity contribution in [3.8, 4) is 5.88 Å². The van der Waals surface area contributed by atoms with Gasteiger partial charge in [-0.25, -0.2) is 4.98 Å². The average molecular weight is 480 g/mol. The largest absolute Gasteiger partial charge is 0.494 e. The van der Waals surface area contributed by atoms with E-state index in [0.29, 0.717) is 23.7 Å². The van der Waals surface area contributed by atoms with Gasteiger partial charge in [-0.2, -0.15) is 13.2 Å². The number of aromatic nitrogens is 2. The summed E-state index contributed by atoms with van der Waals surface area (Å²) in [5, 5.41) is 10.0. The lowest BCUT2D eigenvalue weighted by atomic mass is 9.92. The maximum absolute atomic E-state index is 12.8. The monoisotopic (exact) mass is 479 g/mol. The van der Waals surface area contributed by atoms with Gasteiger partial charge in [0.15, 0.2) is 0 Å². The first kappa shape index (κ1) is 22.2. The van der Waals surface area contributed by atoms with Crippen molar-refractivity contribution >= 4 is 17.2 Å². The van der Waals surface area contributed by atoms with Crippen LogP contribution in [0.15, 0.2) is 46.4 Å². The van der Waals surface area contributed by atoms with Gasteiger partial charge < -0.3 is 14.7 Å². The van der Waals surface area contributed by atoms with E-state index in [1.807, 2.05) is 4.90 Å². The third-order valence-electron chi connectivity index (χ3n) is 6.52. The molecule has 6 nitrogen and oxygen atoms in total. The van der Waals surface area contributed by atoms with Gasteiger partial charge in [-0.15, -0.1) is 0 Å². The predicted octanol–water partition coefficient (Wildman–Crippen LogP) is 4.74. The molecule has 0 amide bonds. The zero-order valence-electron chi connectivity index (χ0n) is 17.8. The molecule has 33 heavy (non-hydrogen) atoms. The summed E-state index contributed by atoms with van der Waals surface area (Å²) in [5.41, 5.74) is 1.62. The third-order valence-corrected chi connectivity index (χ3v) is 7.51. The summed E-state index contributed by atoms with van der Waals surface area (Å²) in [4.78, 5) is 20.5. The van der Waals surface area contributed by atoms with Gasteiger partial charge in [0.1, 0.15) is 5.82 Å². The fourth-order valence-electron chi connectivity index (χ4n) is 4.99. The lowest BCUT2D eigenvalue weighted by molar-refractivity contribution is -0.137. The van der Waals surface area contributed by atoms with Gasteiger partial charge in [0, 0.05) is 25.2 Å². The number of hydrogen-bond donors (Lipinski definition) is 2. The first-order valence-electron chi connectivity index (χ1n) is 11.0. The third kappa shape index (κ3) is 4.59. The molecule has 1 aliphatic heterocycles. The van der Waals surface area contributed by atoms with Gasteiger partial charge in [0.2, 0.25) is 5.88 Å². The van der Waals surface area contributed by atoms with Crippen LogP contribution in [-0.4, -0.2) is 40.4 Å². The van der Waals surface area contributed by atoms with Gasteiger partial charge >= 0.3 is 11.0 Å². The van der Waals surface area contributed by atoms with E-state index in [4.69, 9.17) is 4.74 Å². The number of thiazole rings is 1. The number of aromatic amines is 1. The van der Waals surface area contributed by atoms with Gasteiger partial charge in [-0.1, -0.05) is 23.5 Å². The standard InChI is InChI=1S/C23H24F3N3O3S/c24-23(25,26)14-4-8-19(27-11-14)29-9-1-2-16(12-29)32-15-5-7-17-13(10-15)3-6-18(17)20-21(30)28-22(31)33-20/h4,7-8,10-11,15-16,18,30H,1-3,5-6,9,12H2,(H,28,31). The normalized spacial score (nSPS) is 25.5. The van der Waals surface area contributed by atoms with E-state index in [1.165, 1.54) is 17.2 Å². The molecule has 3 atom stereocenters. The van der Waals surface area contributed by atoms with Gasteiger partial charge in [-0.3, -0.25) is 9.78 Å². The van der Waals surface area contributed by atoms with Gasteiger partial charge in [0.25, 0.3) is 0 Å². The number of H-pyrrole nitrogens is 1. The summed E-state index contributed by atoms with van der Waals surface area (Å²) in [6.45, 7) is 1.32. The fraction of sp³-hybridized carbons (Fsp3) is 0.478. The van der Waals surface area contributed by atoms with Crippen molar-refractivity contribution in [2.45, 2.75) is 56.4 Å². The molecule has 1 saturated heterocycles. The molecule has 2 N–H and O–H groups in total. The maximum Gasteiger partial charge on any atom is 0.417 e. The quantitative estimate of drug-likeness (QED) is 0.662. The van der Waals surface area contributed by atoms with Crippen LogP contribution in [0.2, 0.25) is 0 Å². The molecular weight excluding hydrogens is 455 g/mol. The molecule has 0 bridgehead atoms. The molecule has 1 saturated carbocycles. The minimum Gasteiger partial charge on any atom is -0.494 e. The number of aromatic hydroxyl groups is 1. The molecule has 3 aliphatic rings. The van der Waals surface area contributed by atoms with Crippen LogP contribution in [0.5, 0.6) is 5.88 Å². The summed E-state index contributed by atoms with van der Waals surface area (Å²) >= 11 is 1.06. The highest BCUT2D eigenvalue weighted by Crippen LogP contribution is 2.48. The fourth-order valence-corrected chi connectivity index (χ4v) is 5.87. The number of ether oxygens (including phenoxy) is 1. The Morgan fingerprint density at radius 3 is 2.82 bits per heavy atom. The van der Waals surface area contributed by atoms with E-state index in [9.17, 15) is 23.1 Å². The van der Waals surface area contributed by atoms with Crippen LogP contribution in [-0.2, 0) is 10.9 Å². The second kappa shape index (κ2) is 8.64. The molecule has 3 unspecified atom stereocenters. The topological polar surface area (TPSA) is 78.5 Å². The van der Waals surface area contributed by atoms with Gasteiger partial charge in [0.05, 0.1) is 22.6 Å². The highest BCUT2D eigenvalue weighted by Gasteiger charge is 2.34. The number of pyridine rings is 1. The summed E-state index contributed by atoms with van der Waals surface area (Å²) in [6.07, 6.45) is 4.90. The van der Waals surface area contributed by atoms with Crippen molar-refractivity contribution in [3.05, 3.63) is 61.7 Å². The van der Waals surface area contributed by atoms with E-state index < -0.39 is 11.7 Å². The second-order valence-electron chi connectivity index (χ2n) is 8.69. The number of rotatable bonds is 4. The van der Waals surface area contributed by atoms with Crippen LogP contribution in [0.25, 0.3) is 0 Å². The molecule has 2 fully saturated rings. The number of fused-ring (bicyclic) bond motifs is 1. The Balaban J connectivity index is 1.22. The number of alkyl halides is 3. The highest BCUT2D eigenvalue weighted by atomic mass is 32.1. The Bertz CT molecular complexity index is 1140. The summed E-state index contributed by atoms with van der Waals surface area (Å²) in [5.74, 6) is 0.538. The lowest BCUT2D eigenvalue weighted by Gasteiger charge is -2.35. The second-order valence-corrected chi connectivity index (χ2v) is 9.71. The van der Waals surface area contributed by atoms with Crippen molar-refractivity contribution in [2.75, 3.05) is 18.0 Å². The van der Waals surface area contributed by atoms with Crippen molar-refractivity contribution in [1.82, 2.24) is 9.97 Å². The summed E-state index contributed by atoms with van der Waals surface area (Å²) < 4.78 is 44.8. The Labute approximate surface area is 192 Å². The first-order valence-corrected chi connectivity index (χ1v) is 11.9. The lowest BCUT2D eigenvalue weighted by Crippen LogP contribution is -2.41. The number of halogens is 3. The zero-order chi connectivity index (χ0) is 23.2.